The van der Waals surface area contributed by atoms with E-state index >= 15 is 0 Å². The molecule has 0 saturated heterocycles. The van der Waals surface area contributed by atoms with Gasteiger partial charge in [0.2, 0.25) is 6.79 Å². The van der Waals surface area contributed by atoms with Gasteiger partial charge in [-0.1, -0.05) is 11.2 Å². The predicted molar refractivity (Wildman–Crippen MR) is 57.3 cm³/mol. The van der Waals surface area contributed by atoms with Crippen molar-refractivity contribution in [1.82, 2.24) is 0 Å². The molecule has 0 amide bonds. The summed E-state index contributed by atoms with van der Waals surface area (Å²) >= 11 is 0. The quantitative estimate of drug-likeness (QED) is 0.373. The molecule has 7 heteroatoms. The normalized spacial score (nSPS) is 13.1. The maximum Gasteiger partial charge on any atom is 0.338 e. The Hall–Kier alpha value is -2.66. The molecule has 0 unspecified atom stereocenters. The van der Waals surface area contributed by atoms with Gasteiger partial charge in [-0.2, -0.15) is 0 Å². The van der Waals surface area contributed by atoms with Gasteiger partial charge in [0.15, 0.2) is 11.5 Å². The number of hydrogen-bond acceptors (Lipinski definition) is 4. The van der Waals surface area contributed by atoms with Crippen molar-refractivity contribution in [2.75, 3.05) is 6.79 Å². The standard InChI is InChI=1S/C10H7N3O4/c11-13-12-7(10(14)15)3-6-1-2-8-9(4-6)17-5-16-8/h1-4H,5H2,(H,14,15)/b7-3+. The number of azide groups is 1. The first-order chi connectivity index (χ1) is 8.20. The maximum atomic E-state index is 10.7. The maximum absolute atomic E-state index is 10.7. The van der Waals surface area contributed by atoms with Gasteiger partial charge >= 0.3 is 5.97 Å². The third-order valence-electron chi connectivity index (χ3n) is 2.07. The number of hydrogen-bond donors (Lipinski definition) is 1. The van der Waals surface area contributed by atoms with E-state index in [1.807, 2.05) is 0 Å². The van der Waals surface area contributed by atoms with Crippen LogP contribution in [0.3, 0.4) is 0 Å². The largest absolute Gasteiger partial charge is 0.478 e. The fraction of sp³-hybridized carbons (Fsp3) is 0.100. The van der Waals surface area contributed by atoms with Crippen molar-refractivity contribution in [3.63, 3.8) is 0 Å². The molecule has 2 rings (SSSR count). The van der Waals surface area contributed by atoms with E-state index in [4.69, 9.17) is 20.1 Å². The van der Waals surface area contributed by atoms with Crippen molar-refractivity contribution in [3.05, 3.63) is 39.9 Å². The van der Waals surface area contributed by atoms with Crippen molar-refractivity contribution in [3.8, 4) is 11.5 Å². The van der Waals surface area contributed by atoms with Gasteiger partial charge in [-0.05, 0) is 29.3 Å². The van der Waals surface area contributed by atoms with Gasteiger partial charge in [0.05, 0.1) is 0 Å². The van der Waals surface area contributed by atoms with Crippen LogP contribution in [-0.4, -0.2) is 17.9 Å². The van der Waals surface area contributed by atoms with Crippen LogP contribution < -0.4 is 9.47 Å². The molecule has 1 aromatic rings. The predicted octanol–water partition coefficient (Wildman–Crippen LogP) is 2.15. The summed E-state index contributed by atoms with van der Waals surface area (Å²) in [5.74, 6) is -0.160. The number of carboxylic acid groups (broad SMARTS) is 1. The van der Waals surface area contributed by atoms with Crippen LogP contribution in [-0.2, 0) is 4.79 Å². The Kier molecular flexibility index (Phi) is 2.85. The molecule has 17 heavy (non-hydrogen) atoms. The zero-order valence-electron chi connectivity index (χ0n) is 8.53. The van der Waals surface area contributed by atoms with Crippen LogP contribution in [0.5, 0.6) is 11.5 Å². The average Bonchev–Trinajstić information content (AvgIpc) is 2.75. The molecule has 86 valence electrons. The second kappa shape index (κ2) is 4.46. The van der Waals surface area contributed by atoms with Gasteiger partial charge in [0.25, 0.3) is 0 Å². The molecule has 0 radical (unpaired) electrons. The molecule has 0 fully saturated rings. The Morgan fingerprint density at radius 3 is 2.94 bits per heavy atom. The zero-order chi connectivity index (χ0) is 12.3. The van der Waals surface area contributed by atoms with Crippen LogP contribution in [0.15, 0.2) is 29.0 Å². The lowest BCUT2D eigenvalue weighted by atomic mass is 10.1. The minimum atomic E-state index is -1.29. The van der Waals surface area contributed by atoms with Crippen molar-refractivity contribution in [2.45, 2.75) is 0 Å². The Bertz CT molecular complexity index is 542. The summed E-state index contributed by atoms with van der Waals surface area (Å²) in [4.78, 5) is 13.2. The Morgan fingerprint density at radius 1 is 1.47 bits per heavy atom. The molecule has 1 aromatic carbocycles. The summed E-state index contributed by atoms with van der Waals surface area (Å²) < 4.78 is 10.3. The number of fused-ring (bicyclic) bond motifs is 1. The second-order valence-corrected chi connectivity index (χ2v) is 3.14. The lowest BCUT2D eigenvalue weighted by Gasteiger charge is -1.98. The smallest absolute Gasteiger partial charge is 0.338 e. The van der Waals surface area contributed by atoms with Gasteiger partial charge in [-0.25, -0.2) is 4.79 Å². The van der Waals surface area contributed by atoms with E-state index in [-0.39, 0.29) is 12.5 Å². The molecule has 1 aliphatic rings. The molecule has 0 atom stereocenters. The van der Waals surface area contributed by atoms with Crippen LogP contribution in [0.1, 0.15) is 5.56 Å². The Morgan fingerprint density at radius 2 is 2.24 bits per heavy atom. The lowest BCUT2D eigenvalue weighted by molar-refractivity contribution is -0.132. The van der Waals surface area contributed by atoms with E-state index in [2.05, 4.69) is 10.0 Å². The van der Waals surface area contributed by atoms with Crippen molar-refractivity contribution in [2.24, 2.45) is 5.11 Å². The van der Waals surface area contributed by atoms with Gasteiger partial charge in [0, 0.05) is 4.91 Å². The molecule has 1 heterocycles. The van der Waals surface area contributed by atoms with Crippen LogP contribution in [0.4, 0.5) is 0 Å². The van der Waals surface area contributed by atoms with E-state index < -0.39 is 5.97 Å². The number of rotatable bonds is 3. The second-order valence-electron chi connectivity index (χ2n) is 3.14. The molecule has 1 aliphatic heterocycles. The summed E-state index contributed by atoms with van der Waals surface area (Å²) in [6.45, 7) is 0.143. The summed E-state index contributed by atoms with van der Waals surface area (Å²) in [5.41, 5.74) is 8.40. The summed E-state index contributed by atoms with van der Waals surface area (Å²) in [5, 5.41) is 11.9. The van der Waals surface area contributed by atoms with E-state index in [9.17, 15) is 4.79 Å². The SMILES string of the molecule is [N-]=[N+]=N/C(=C/c1ccc2c(c1)OCO2)C(=O)O. The first-order valence-electron chi connectivity index (χ1n) is 4.60. The van der Waals surface area contributed by atoms with E-state index in [1.54, 1.807) is 18.2 Å². The minimum Gasteiger partial charge on any atom is -0.478 e. The number of ether oxygens (including phenoxy) is 2. The van der Waals surface area contributed by atoms with Crippen LogP contribution in [0.25, 0.3) is 16.5 Å². The highest BCUT2D eigenvalue weighted by atomic mass is 16.7. The average molecular weight is 233 g/mol. The third-order valence-corrected chi connectivity index (χ3v) is 2.07. The van der Waals surface area contributed by atoms with Crippen LogP contribution in [0.2, 0.25) is 0 Å². The zero-order valence-corrected chi connectivity index (χ0v) is 8.53. The number of nitrogens with zero attached hydrogens (tertiary/aromatic N) is 3. The highest BCUT2D eigenvalue weighted by molar-refractivity contribution is 5.91. The van der Waals surface area contributed by atoms with Gasteiger partial charge in [0.1, 0.15) is 5.70 Å². The highest BCUT2D eigenvalue weighted by Gasteiger charge is 2.13. The van der Waals surface area contributed by atoms with Crippen LogP contribution >= 0.6 is 0 Å². The van der Waals surface area contributed by atoms with Crippen molar-refractivity contribution >= 4 is 12.0 Å². The molecular weight excluding hydrogens is 226 g/mol. The highest BCUT2D eigenvalue weighted by Crippen LogP contribution is 2.33. The molecule has 0 bridgehead atoms. The third kappa shape index (κ3) is 2.30. The summed E-state index contributed by atoms with van der Waals surface area (Å²) in [6, 6.07) is 4.91. The number of benzene rings is 1. The molecule has 7 nitrogen and oxygen atoms in total. The summed E-state index contributed by atoms with van der Waals surface area (Å²) in [7, 11) is 0. The fourth-order valence-electron chi connectivity index (χ4n) is 1.34. The number of aliphatic carboxylic acids is 1. The molecule has 0 saturated carbocycles. The van der Waals surface area contributed by atoms with Crippen molar-refractivity contribution < 1.29 is 19.4 Å². The number of carbonyl (C=O) groups is 1. The molecule has 0 spiro atoms. The molecular formula is C10H7N3O4. The molecule has 0 aliphatic carbocycles. The van der Waals surface area contributed by atoms with Gasteiger partial charge in [-0.15, -0.1) is 0 Å². The van der Waals surface area contributed by atoms with Gasteiger partial charge < -0.3 is 14.6 Å². The monoisotopic (exact) mass is 233 g/mol. The van der Waals surface area contributed by atoms with Gasteiger partial charge in [-0.3, -0.25) is 0 Å². The minimum absolute atomic E-state index is 0.143. The first kappa shape index (κ1) is 10.8. The van der Waals surface area contributed by atoms with E-state index in [0.29, 0.717) is 17.1 Å². The fourth-order valence-corrected chi connectivity index (χ4v) is 1.34. The van der Waals surface area contributed by atoms with E-state index in [0.717, 1.165) is 0 Å². The molecule has 0 aromatic heterocycles. The van der Waals surface area contributed by atoms with E-state index in [1.165, 1.54) is 6.08 Å². The Balaban J connectivity index is 2.37. The number of carboxylic acids is 1. The Labute approximate surface area is 95.5 Å². The first-order valence-corrected chi connectivity index (χ1v) is 4.60. The summed E-state index contributed by atoms with van der Waals surface area (Å²) in [6.07, 6.45) is 1.25. The lowest BCUT2D eigenvalue weighted by Crippen LogP contribution is -1.96. The molecule has 1 N–H and O–H groups in total. The topological polar surface area (TPSA) is 105 Å². The van der Waals surface area contributed by atoms with Crippen LogP contribution in [0, 0.1) is 0 Å². The van der Waals surface area contributed by atoms with Crippen molar-refractivity contribution in [1.29, 1.82) is 0 Å².